The maximum atomic E-state index is 13.9. The van der Waals surface area contributed by atoms with Crippen LogP contribution in [0.2, 0.25) is 5.02 Å². The minimum atomic E-state index is -1.50. The van der Waals surface area contributed by atoms with Gasteiger partial charge in [0.25, 0.3) is 5.91 Å². The van der Waals surface area contributed by atoms with Crippen LogP contribution in [0, 0.1) is 17.5 Å². The Balaban J connectivity index is 1.81. The van der Waals surface area contributed by atoms with Gasteiger partial charge in [-0.3, -0.25) is 9.48 Å². The molecule has 31 heavy (non-hydrogen) atoms. The van der Waals surface area contributed by atoms with E-state index in [1.807, 2.05) is 13.8 Å². The summed E-state index contributed by atoms with van der Waals surface area (Å²) in [6, 6.07) is 8.23. The lowest BCUT2D eigenvalue weighted by Gasteiger charge is -2.40. The van der Waals surface area contributed by atoms with E-state index < -0.39 is 17.5 Å². The fourth-order valence-electron chi connectivity index (χ4n) is 4.45. The van der Waals surface area contributed by atoms with Gasteiger partial charge in [0.2, 0.25) is 0 Å². The third kappa shape index (κ3) is 3.61. The Morgan fingerprint density at radius 3 is 2.48 bits per heavy atom. The molecule has 8 heteroatoms. The molecule has 2 heterocycles. The summed E-state index contributed by atoms with van der Waals surface area (Å²) in [5.41, 5.74) is 2.71. The molecule has 1 aromatic heterocycles. The number of benzene rings is 2. The van der Waals surface area contributed by atoms with Crippen molar-refractivity contribution in [3.8, 4) is 11.3 Å². The van der Waals surface area contributed by atoms with Crippen LogP contribution in [-0.2, 0) is 13.5 Å². The van der Waals surface area contributed by atoms with Gasteiger partial charge in [0.15, 0.2) is 17.5 Å². The molecule has 162 valence electrons. The van der Waals surface area contributed by atoms with E-state index in [-0.39, 0.29) is 23.6 Å². The fraction of sp³-hybridized carbons (Fsp3) is 0.304. The lowest BCUT2D eigenvalue weighted by atomic mass is 9.89. The monoisotopic (exact) mass is 447 g/mol. The quantitative estimate of drug-likeness (QED) is 0.483. The molecule has 0 N–H and O–H groups in total. The molecule has 0 bridgehead atoms. The number of carbonyl (C=O) groups is 1. The Hall–Kier alpha value is -2.80. The van der Waals surface area contributed by atoms with Gasteiger partial charge in [0.1, 0.15) is 0 Å². The first-order chi connectivity index (χ1) is 14.7. The van der Waals surface area contributed by atoms with Crippen LogP contribution in [0.3, 0.4) is 0 Å². The van der Waals surface area contributed by atoms with Crippen molar-refractivity contribution >= 4 is 17.5 Å². The highest BCUT2D eigenvalue weighted by Crippen LogP contribution is 2.40. The van der Waals surface area contributed by atoms with Gasteiger partial charge in [-0.15, -0.1) is 0 Å². The molecule has 0 radical (unpaired) electrons. The zero-order valence-corrected chi connectivity index (χ0v) is 18.1. The highest BCUT2D eigenvalue weighted by Gasteiger charge is 2.39. The second-order valence-corrected chi connectivity index (χ2v) is 8.23. The summed E-state index contributed by atoms with van der Waals surface area (Å²) in [6.45, 7) is 3.88. The molecule has 1 aliphatic rings. The maximum Gasteiger partial charge on any atom is 0.254 e. The molecule has 4 nitrogen and oxygen atoms in total. The lowest BCUT2D eigenvalue weighted by Crippen LogP contribution is -2.45. The highest BCUT2D eigenvalue weighted by atomic mass is 35.5. The molecule has 4 rings (SSSR count). The molecule has 0 saturated heterocycles. The Kier molecular flexibility index (Phi) is 5.56. The molecule has 2 aromatic carbocycles. The maximum absolute atomic E-state index is 13.9. The predicted octanol–water partition coefficient (Wildman–Crippen LogP) is 5.70. The number of aryl methyl sites for hydroxylation is 1. The van der Waals surface area contributed by atoms with Crippen molar-refractivity contribution in [1.29, 1.82) is 0 Å². The van der Waals surface area contributed by atoms with Crippen molar-refractivity contribution in [2.75, 3.05) is 0 Å². The van der Waals surface area contributed by atoms with E-state index >= 15 is 0 Å². The van der Waals surface area contributed by atoms with E-state index in [0.29, 0.717) is 34.8 Å². The van der Waals surface area contributed by atoms with E-state index in [4.69, 9.17) is 11.6 Å². The number of rotatable bonds is 3. The molecule has 2 unspecified atom stereocenters. The largest absolute Gasteiger partial charge is 0.327 e. The van der Waals surface area contributed by atoms with Gasteiger partial charge in [-0.25, -0.2) is 13.2 Å². The van der Waals surface area contributed by atoms with Crippen molar-refractivity contribution in [3.63, 3.8) is 0 Å². The van der Waals surface area contributed by atoms with Crippen molar-refractivity contribution < 1.29 is 18.0 Å². The first kappa shape index (κ1) is 21.4. The topological polar surface area (TPSA) is 38.1 Å². The normalized spacial score (nSPS) is 18.2. The van der Waals surface area contributed by atoms with Crippen LogP contribution in [0.15, 0.2) is 36.4 Å². The molecular weight excluding hydrogens is 427 g/mol. The molecule has 0 aliphatic carbocycles. The summed E-state index contributed by atoms with van der Waals surface area (Å²) in [7, 11) is 1.67. The smallest absolute Gasteiger partial charge is 0.254 e. The van der Waals surface area contributed by atoms with E-state index in [1.54, 1.807) is 40.9 Å². The Bertz CT molecular complexity index is 1150. The zero-order chi connectivity index (χ0) is 22.4. The Morgan fingerprint density at radius 1 is 1.19 bits per heavy atom. The number of hydrogen-bond acceptors (Lipinski definition) is 2. The van der Waals surface area contributed by atoms with Crippen LogP contribution in [0.4, 0.5) is 13.2 Å². The summed E-state index contributed by atoms with van der Waals surface area (Å²) >= 11 is 6.07. The SMILES string of the molecule is CCC1c2nn(C)c(-c3cc(F)c(F)c(F)c3)c2CC(C)N1C(=O)c1cccc(Cl)c1. The number of hydrogen-bond donors (Lipinski definition) is 0. The molecule has 1 amide bonds. The average Bonchev–Trinajstić information content (AvgIpc) is 3.05. The summed E-state index contributed by atoms with van der Waals surface area (Å²) in [5.74, 6) is -4.16. The van der Waals surface area contributed by atoms with Gasteiger partial charge >= 0.3 is 0 Å². The molecule has 0 spiro atoms. The van der Waals surface area contributed by atoms with E-state index in [1.165, 1.54) is 0 Å². The number of halogens is 4. The standard InChI is InChI=1S/C23H21ClF3N3O/c1-4-19-21-16(8-12(2)30(19)23(31)13-6-5-7-15(24)9-13)22(29(3)28-21)14-10-17(25)20(27)18(26)11-14/h5-7,9-12,19H,4,8H2,1-3H3. The zero-order valence-electron chi connectivity index (χ0n) is 17.3. The van der Waals surface area contributed by atoms with Gasteiger partial charge in [0.05, 0.1) is 17.4 Å². The summed E-state index contributed by atoms with van der Waals surface area (Å²) in [6.07, 6.45) is 1.05. The van der Waals surface area contributed by atoms with E-state index in [2.05, 4.69) is 5.10 Å². The summed E-state index contributed by atoms with van der Waals surface area (Å²) in [4.78, 5) is 15.1. The second kappa shape index (κ2) is 8.04. The van der Waals surface area contributed by atoms with Crippen LogP contribution in [0.25, 0.3) is 11.3 Å². The summed E-state index contributed by atoms with van der Waals surface area (Å²) in [5, 5.41) is 5.07. The van der Waals surface area contributed by atoms with Crippen LogP contribution in [-0.4, -0.2) is 26.6 Å². The number of fused-ring (bicyclic) bond motifs is 1. The molecular formula is C23H21ClF3N3O. The molecule has 0 fully saturated rings. The minimum Gasteiger partial charge on any atom is -0.327 e. The number of amides is 1. The van der Waals surface area contributed by atoms with E-state index in [0.717, 1.165) is 17.7 Å². The van der Waals surface area contributed by atoms with Crippen molar-refractivity contribution in [2.24, 2.45) is 7.05 Å². The molecule has 3 aromatic rings. The van der Waals surface area contributed by atoms with Gasteiger partial charge < -0.3 is 4.90 Å². The second-order valence-electron chi connectivity index (χ2n) is 7.79. The predicted molar refractivity (Wildman–Crippen MR) is 112 cm³/mol. The highest BCUT2D eigenvalue weighted by molar-refractivity contribution is 6.30. The van der Waals surface area contributed by atoms with Crippen LogP contribution < -0.4 is 0 Å². The van der Waals surface area contributed by atoms with Crippen molar-refractivity contribution in [3.05, 3.63) is 75.7 Å². The lowest BCUT2D eigenvalue weighted by molar-refractivity contribution is 0.0544. The summed E-state index contributed by atoms with van der Waals surface area (Å²) < 4.78 is 42.8. The van der Waals surface area contributed by atoms with E-state index in [9.17, 15) is 18.0 Å². The number of carbonyl (C=O) groups excluding carboxylic acids is 1. The van der Waals surface area contributed by atoms with Crippen LogP contribution in [0.1, 0.15) is 47.9 Å². The first-order valence-electron chi connectivity index (χ1n) is 10.0. The molecule has 2 atom stereocenters. The third-order valence-corrected chi connectivity index (χ3v) is 5.99. The fourth-order valence-corrected chi connectivity index (χ4v) is 4.64. The number of aromatic nitrogens is 2. The number of nitrogens with zero attached hydrogens (tertiary/aromatic N) is 3. The molecule has 1 aliphatic heterocycles. The van der Waals surface area contributed by atoms with Crippen LogP contribution in [0.5, 0.6) is 0 Å². The Morgan fingerprint density at radius 2 is 1.87 bits per heavy atom. The van der Waals surface area contributed by atoms with Gasteiger partial charge in [0, 0.05) is 34.8 Å². The first-order valence-corrected chi connectivity index (χ1v) is 10.4. The average molecular weight is 448 g/mol. The molecule has 0 saturated carbocycles. The van der Waals surface area contributed by atoms with Gasteiger partial charge in [-0.1, -0.05) is 24.6 Å². The van der Waals surface area contributed by atoms with Gasteiger partial charge in [-0.05, 0) is 50.1 Å². The van der Waals surface area contributed by atoms with Gasteiger partial charge in [-0.2, -0.15) is 5.10 Å². The van der Waals surface area contributed by atoms with Crippen molar-refractivity contribution in [2.45, 2.75) is 38.8 Å². The Labute approximate surface area is 183 Å². The minimum absolute atomic E-state index is 0.154. The van der Waals surface area contributed by atoms with Crippen molar-refractivity contribution in [1.82, 2.24) is 14.7 Å². The van der Waals surface area contributed by atoms with Crippen LogP contribution >= 0.6 is 11.6 Å². The third-order valence-electron chi connectivity index (χ3n) is 5.75.